The summed E-state index contributed by atoms with van der Waals surface area (Å²) < 4.78 is 0. The first-order chi connectivity index (χ1) is 12.4. The highest BCUT2D eigenvalue weighted by molar-refractivity contribution is 5.98. The number of non-ortho nitro benzene ring substituents is 1. The van der Waals surface area contributed by atoms with Gasteiger partial charge >= 0.3 is 0 Å². The Labute approximate surface area is 150 Å². The average molecular weight is 353 g/mol. The summed E-state index contributed by atoms with van der Waals surface area (Å²) in [6.07, 6.45) is 2.79. The van der Waals surface area contributed by atoms with Crippen molar-refractivity contribution < 1.29 is 14.5 Å². The summed E-state index contributed by atoms with van der Waals surface area (Å²) in [7, 11) is 0. The summed E-state index contributed by atoms with van der Waals surface area (Å²) in [5.41, 5.74) is 3.26. The molecule has 2 aromatic rings. The SMILES string of the molecule is Cc1cccc(C)c1NC(=O)CNC(=O)/C=C/c1ccc([N+](=O)[O-])cc1. The van der Waals surface area contributed by atoms with Crippen LogP contribution in [0.4, 0.5) is 11.4 Å². The number of carbonyl (C=O) groups excluding carboxylic acids is 2. The Bertz CT molecular complexity index is 837. The minimum absolute atomic E-state index is 0.0187. The van der Waals surface area contributed by atoms with Crippen molar-refractivity contribution in [1.82, 2.24) is 5.32 Å². The number of nitro benzene ring substituents is 1. The van der Waals surface area contributed by atoms with E-state index in [0.717, 1.165) is 16.8 Å². The zero-order valence-electron chi connectivity index (χ0n) is 14.5. The number of carbonyl (C=O) groups is 2. The highest BCUT2D eigenvalue weighted by Crippen LogP contribution is 2.19. The number of para-hydroxylation sites is 1. The van der Waals surface area contributed by atoms with Crippen LogP contribution in [0.2, 0.25) is 0 Å². The van der Waals surface area contributed by atoms with E-state index in [1.54, 1.807) is 0 Å². The standard InChI is InChI=1S/C19H19N3O4/c1-13-4-3-5-14(2)19(13)21-18(24)12-20-17(23)11-8-15-6-9-16(10-7-15)22(25)26/h3-11H,12H2,1-2H3,(H,20,23)(H,21,24)/b11-8+. The Morgan fingerprint density at radius 3 is 2.27 bits per heavy atom. The van der Waals surface area contributed by atoms with Crippen LogP contribution in [0, 0.1) is 24.0 Å². The molecule has 26 heavy (non-hydrogen) atoms. The molecule has 0 atom stereocenters. The van der Waals surface area contributed by atoms with Crippen LogP contribution in [0.3, 0.4) is 0 Å². The lowest BCUT2D eigenvalue weighted by molar-refractivity contribution is -0.384. The molecule has 0 unspecified atom stereocenters. The molecule has 0 aliphatic heterocycles. The van der Waals surface area contributed by atoms with E-state index < -0.39 is 10.8 Å². The summed E-state index contributed by atoms with van der Waals surface area (Å²) in [4.78, 5) is 33.9. The van der Waals surface area contributed by atoms with Gasteiger partial charge in [0.25, 0.3) is 5.69 Å². The van der Waals surface area contributed by atoms with E-state index in [4.69, 9.17) is 0 Å². The van der Waals surface area contributed by atoms with Gasteiger partial charge in [-0.25, -0.2) is 0 Å². The van der Waals surface area contributed by atoms with Crippen LogP contribution in [0.25, 0.3) is 6.08 Å². The third-order valence-corrected chi connectivity index (χ3v) is 3.70. The molecule has 7 nitrogen and oxygen atoms in total. The van der Waals surface area contributed by atoms with Crippen molar-refractivity contribution in [2.24, 2.45) is 0 Å². The molecule has 0 spiro atoms. The molecule has 2 aromatic carbocycles. The first-order valence-corrected chi connectivity index (χ1v) is 7.93. The first kappa shape index (κ1) is 18.9. The second-order valence-electron chi connectivity index (χ2n) is 5.71. The van der Waals surface area contributed by atoms with E-state index >= 15 is 0 Å². The van der Waals surface area contributed by atoms with Gasteiger partial charge in [0, 0.05) is 23.9 Å². The van der Waals surface area contributed by atoms with E-state index in [9.17, 15) is 19.7 Å². The predicted octanol–water partition coefficient (Wildman–Crippen LogP) is 2.98. The van der Waals surface area contributed by atoms with Crippen LogP contribution in [0.1, 0.15) is 16.7 Å². The lowest BCUT2D eigenvalue weighted by Crippen LogP contribution is -2.32. The van der Waals surface area contributed by atoms with Crippen molar-refractivity contribution in [3.05, 3.63) is 75.3 Å². The van der Waals surface area contributed by atoms with Crippen molar-refractivity contribution >= 4 is 29.3 Å². The Balaban J connectivity index is 1.86. The number of anilines is 1. The molecule has 0 aliphatic carbocycles. The van der Waals surface area contributed by atoms with Gasteiger partial charge in [-0.05, 0) is 48.7 Å². The number of benzene rings is 2. The summed E-state index contributed by atoms with van der Waals surface area (Å²) >= 11 is 0. The van der Waals surface area contributed by atoms with Gasteiger partial charge in [0.2, 0.25) is 11.8 Å². The van der Waals surface area contributed by atoms with Crippen molar-refractivity contribution in [2.45, 2.75) is 13.8 Å². The Kier molecular flexibility index (Phi) is 6.21. The van der Waals surface area contributed by atoms with Gasteiger partial charge in [0.1, 0.15) is 0 Å². The maximum absolute atomic E-state index is 12.0. The minimum atomic E-state index is -0.491. The monoisotopic (exact) mass is 353 g/mol. The van der Waals surface area contributed by atoms with Crippen molar-refractivity contribution in [3.63, 3.8) is 0 Å². The van der Waals surface area contributed by atoms with Gasteiger partial charge in [-0.15, -0.1) is 0 Å². The van der Waals surface area contributed by atoms with Crippen LogP contribution < -0.4 is 10.6 Å². The topological polar surface area (TPSA) is 101 Å². The molecule has 0 aromatic heterocycles. The lowest BCUT2D eigenvalue weighted by Gasteiger charge is -2.11. The van der Waals surface area contributed by atoms with Gasteiger partial charge in [-0.3, -0.25) is 19.7 Å². The maximum Gasteiger partial charge on any atom is 0.269 e. The fourth-order valence-electron chi connectivity index (χ4n) is 2.30. The van der Waals surface area contributed by atoms with Crippen LogP contribution in [0.5, 0.6) is 0 Å². The molecule has 2 rings (SSSR count). The number of amides is 2. The Hall–Kier alpha value is -3.48. The number of hydrogen-bond donors (Lipinski definition) is 2. The van der Waals surface area contributed by atoms with Crippen LogP contribution in [-0.2, 0) is 9.59 Å². The minimum Gasteiger partial charge on any atom is -0.343 e. The average Bonchev–Trinajstić information content (AvgIpc) is 2.61. The predicted molar refractivity (Wildman–Crippen MR) is 99.7 cm³/mol. The third-order valence-electron chi connectivity index (χ3n) is 3.70. The number of nitrogens with zero attached hydrogens (tertiary/aromatic N) is 1. The van der Waals surface area contributed by atoms with E-state index in [-0.39, 0.29) is 18.1 Å². The molecule has 7 heteroatoms. The summed E-state index contributed by atoms with van der Waals surface area (Å²) in [5, 5.41) is 15.9. The number of nitrogens with one attached hydrogen (secondary N) is 2. The zero-order chi connectivity index (χ0) is 19.1. The van der Waals surface area contributed by atoms with Crippen LogP contribution in [-0.4, -0.2) is 23.3 Å². The Morgan fingerprint density at radius 1 is 1.08 bits per heavy atom. The molecule has 0 aliphatic rings. The molecule has 2 amide bonds. The molecule has 0 fully saturated rings. The van der Waals surface area contributed by atoms with E-state index in [1.165, 1.54) is 36.4 Å². The van der Waals surface area contributed by atoms with E-state index in [2.05, 4.69) is 10.6 Å². The van der Waals surface area contributed by atoms with Crippen molar-refractivity contribution in [1.29, 1.82) is 0 Å². The van der Waals surface area contributed by atoms with Gasteiger partial charge in [0.05, 0.1) is 11.5 Å². The summed E-state index contributed by atoms with van der Waals surface area (Å²) in [6, 6.07) is 11.5. The highest BCUT2D eigenvalue weighted by atomic mass is 16.6. The molecule has 0 saturated carbocycles. The van der Waals surface area contributed by atoms with Gasteiger partial charge in [-0.2, -0.15) is 0 Å². The largest absolute Gasteiger partial charge is 0.343 e. The number of rotatable bonds is 6. The highest BCUT2D eigenvalue weighted by Gasteiger charge is 2.08. The first-order valence-electron chi connectivity index (χ1n) is 7.93. The van der Waals surface area contributed by atoms with Crippen LogP contribution in [0.15, 0.2) is 48.5 Å². The number of nitro groups is 1. The number of aryl methyl sites for hydroxylation is 2. The molecule has 2 N–H and O–H groups in total. The molecular formula is C19H19N3O4. The zero-order valence-corrected chi connectivity index (χ0v) is 14.5. The molecule has 0 heterocycles. The van der Waals surface area contributed by atoms with Crippen molar-refractivity contribution in [2.75, 3.05) is 11.9 Å². The third kappa shape index (κ3) is 5.27. The smallest absolute Gasteiger partial charge is 0.269 e. The number of hydrogen-bond acceptors (Lipinski definition) is 4. The second kappa shape index (κ2) is 8.57. The van der Waals surface area contributed by atoms with Gasteiger partial charge < -0.3 is 10.6 Å². The summed E-state index contributed by atoms with van der Waals surface area (Å²) in [6.45, 7) is 3.64. The van der Waals surface area contributed by atoms with Gasteiger partial charge in [-0.1, -0.05) is 18.2 Å². The van der Waals surface area contributed by atoms with Crippen molar-refractivity contribution in [3.8, 4) is 0 Å². The normalized spacial score (nSPS) is 10.5. The summed E-state index contributed by atoms with van der Waals surface area (Å²) in [5.74, 6) is -0.750. The van der Waals surface area contributed by atoms with Gasteiger partial charge in [0.15, 0.2) is 0 Å². The maximum atomic E-state index is 12.0. The quantitative estimate of drug-likeness (QED) is 0.473. The molecular weight excluding hydrogens is 334 g/mol. The van der Waals surface area contributed by atoms with E-state index in [1.807, 2.05) is 32.0 Å². The molecule has 0 saturated heterocycles. The fraction of sp³-hybridized carbons (Fsp3) is 0.158. The lowest BCUT2D eigenvalue weighted by atomic mass is 10.1. The van der Waals surface area contributed by atoms with E-state index in [0.29, 0.717) is 5.56 Å². The fourth-order valence-corrected chi connectivity index (χ4v) is 2.30. The molecule has 0 radical (unpaired) electrons. The Morgan fingerprint density at radius 2 is 1.69 bits per heavy atom. The molecule has 134 valence electrons. The molecule has 0 bridgehead atoms. The van der Waals surface area contributed by atoms with Crippen LogP contribution >= 0.6 is 0 Å². The second-order valence-corrected chi connectivity index (χ2v) is 5.71.